The van der Waals surface area contributed by atoms with Crippen molar-refractivity contribution >= 4 is 45.2 Å². The lowest BCUT2D eigenvalue weighted by atomic mass is 10.4. The lowest BCUT2D eigenvalue weighted by molar-refractivity contribution is 0.926. The van der Waals surface area contributed by atoms with Gasteiger partial charge in [0.25, 0.3) is 0 Å². The third-order valence-corrected chi connectivity index (χ3v) is 3.57. The van der Waals surface area contributed by atoms with Gasteiger partial charge in [-0.1, -0.05) is 45.2 Å². The quantitative estimate of drug-likeness (QED) is 0.475. The first kappa shape index (κ1) is 6.58. The average molecular weight is 322 g/mol. The van der Waals surface area contributed by atoms with Gasteiger partial charge in [0.2, 0.25) is 0 Å². The molecule has 0 radical (unpaired) electrons. The van der Waals surface area contributed by atoms with Crippen LogP contribution in [0.15, 0.2) is 0 Å². The maximum absolute atomic E-state index is 2.54. The van der Waals surface area contributed by atoms with Crippen molar-refractivity contribution in [3.05, 3.63) is 0 Å². The fraction of sp³-hybridized carbons (Fsp3) is 1.00. The Morgan fingerprint density at radius 3 is 1.57 bits per heavy atom. The van der Waals surface area contributed by atoms with Gasteiger partial charge in [0.1, 0.15) is 0 Å². The fourth-order valence-electron chi connectivity index (χ4n) is 0.875. The maximum Gasteiger partial charge on any atom is 0.0120 e. The highest BCUT2D eigenvalue weighted by Gasteiger charge is 2.18. The van der Waals surface area contributed by atoms with Gasteiger partial charge in [-0.25, -0.2) is 0 Å². The zero-order valence-electron chi connectivity index (χ0n) is 4.03. The second-order valence-corrected chi connectivity index (χ2v) is 5.53. The monoisotopic (exact) mass is 322 g/mol. The summed E-state index contributed by atoms with van der Waals surface area (Å²) in [6, 6.07) is 0. The summed E-state index contributed by atoms with van der Waals surface area (Å²) in [4.78, 5) is 0. The molecule has 0 aromatic heterocycles. The van der Waals surface area contributed by atoms with E-state index in [1.807, 2.05) is 0 Å². The first-order chi connectivity index (χ1) is 3.29. The summed E-state index contributed by atoms with van der Waals surface area (Å²) < 4.78 is 1.97. The summed E-state index contributed by atoms with van der Waals surface area (Å²) in [5.41, 5.74) is 0. The van der Waals surface area contributed by atoms with Crippen LogP contribution in [0.4, 0.5) is 0 Å². The minimum Gasteiger partial charge on any atom is -0.0826 e. The van der Waals surface area contributed by atoms with Gasteiger partial charge < -0.3 is 0 Å². The zero-order valence-corrected chi connectivity index (χ0v) is 8.35. The first-order valence-corrected chi connectivity index (χ1v) is 5.06. The molecule has 0 saturated heterocycles. The van der Waals surface area contributed by atoms with E-state index in [2.05, 4.69) is 45.2 Å². The molecule has 0 nitrogen and oxygen atoms in total. The van der Waals surface area contributed by atoms with Gasteiger partial charge in [0, 0.05) is 7.85 Å². The van der Waals surface area contributed by atoms with E-state index < -0.39 is 0 Å². The molecule has 7 heavy (non-hydrogen) atoms. The predicted octanol–water partition coefficient (Wildman–Crippen LogP) is 2.78. The van der Waals surface area contributed by atoms with Crippen LogP contribution in [0.1, 0.15) is 19.3 Å². The molecule has 0 aromatic rings. The van der Waals surface area contributed by atoms with Gasteiger partial charge in [-0.2, -0.15) is 0 Å². The van der Waals surface area contributed by atoms with E-state index in [0.717, 1.165) is 7.85 Å². The topological polar surface area (TPSA) is 0 Å². The molecule has 0 N–H and O–H groups in total. The molecular formula is C5H8I2. The van der Waals surface area contributed by atoms with Gasteiger partial charge in [-0.05, 0) is 19.3 Å². The van der Waals surface area contributed by atoms with Gasteiger partial charge in [-0.3, -0.25) is 0 Å². The van der Waals surface area contributed by atoms with Crippen molar-refractivity contribution in [2.75, 3.05) is 0 Å². The highest BCUT2D eigenvalue weighted by atomic mass is 127. The molecule has 2 atom stereocenters. The van der Waals surface area contributed by atoms with Crippen LogP contribution >= 0.6 is 45.2 Å². The van der Waals surface area contributed by atoms with Crippen LogP contribution in [-0.2, 0) is 0 Å². The lowest BCUT2D eigenvalue weighted by Crippen LogP contribution is -1.88. The van der Waals surface area contributed by atoms with Crippen LogP contribution < -0.4 is 0 Å². The Bertz CT molecular complexity index is 55.1. The van der Waals surface area contributed by atoms with E-state index in [9.17, 15) is 0 Å². The van der Waals surface area contributed by atoms with E-state index >= 15 is 0 Å². The Hall–Kier alpha value is 1.46. The minimum atomic E-state index is 0.986. The van der Waals surface area contributed by atoms with Gasteiger partial charge in [0.05, 0.1) is 0 Å². The number of halogens is 2. The van der Waals surface area contributed by atoms with E-state index in [1.54, 1.807) is 0 Å². The van der Waals surface area contributed by atoms with Crippen molar-refractivity contribution in [1.82, 2.24) is 0 Å². The summed E-state index contributed by atoms with van der Waals surface area (Å²) >= 11 is 5.08. The Kier molecular flexibility index (Phi) is 2.67. The molecule has 1 aliphatic carbocycles. The van der Waals surface area contributed by atoms with E-state index in [0.29, 0.717) is 0 Å². The number of rotatable bonds is 0. The molecule has 0 spiro atoms. The van der Waals surface area contributed by atoms with Gasteiger partial charge in [-0.15, -0.1) is 0 Å². The molecular weight excluding hydrogens is 314 g/mol. The second-order valence-electron chi connectivity index (χ2n) is 2.01. The van der Waals surface area contributed by atoms with Crippen LogP contribution in [0, 0.1) is 0 Å². The van der Waals surface area contributed by atoms with Crippen LogP contribution in [0.25, 0.3) is 0 Å². The van der Waals surface area contributed by atoms with Gasteiger partial charge >= 0.3 is 0 Å². The molecule has 1 aliphatic rings. The Balaban J connectivity index is 2.26. The van der Waals surface area contributed by atoms with E-state index in [-0.39, 0.29) is 0 Å². The van der Waals surface area contributed by atoms with E-state index in [4.69, 9.17) is 0 Å². The minimum absolute atomic E-state index is 0.986. The Labute approximate surface area is 71.7 Å². The molecule has 1 fully saturated rings. The number of alkyl halides is 2. The molecule has 42 valence electrons. The maximum atomic E-state index is 2.54. The smallest absolute Gasteiger partial charge is 0.0120 e. The van der Waals surface area contributed by atoms with Crippen molar-refractivity contribution in [3.63, 3.8) is 0 Å². The summed E-state index contributed by atoms with van der Waals surface area (Å²) in [5.74, 6) is 0. The predicted molar refractivity (Wildman–Crippen MR) is 49.5 cm³/mol. The van der Waals surface area contributed by atoms with Crippen molar-refractivity contribution < 1.29 is 0 Å². The summed E-state index contributed by atoms with van der Waals surface area (Å²) in [7, 11) is 0. The fourth-order valence-corrected chi connectivity index (χ4v) is 3.79. The van der Waals surface area contributed by atoms with Gasteiger partial charge in [0.15, 0.2) is 0 Å². The number of hydrogen-bond donors (Lipinski definition) is 0. The van der Waals surface area contributed by atoms with Crippen molar-refractivity contribution in [2.45, 2.75) is 27.1 Å². The molecule has 2 heteroatoms. The van der Waals surface area contributed by atoms with Crippen LogP contribution in [0.2, 0.25) is 0 Å². The van der Waals surface area contributed by atoms with Crippen molar-refractivity contribution in [2.24, 2.45) is 0 Å². The Morgan fingerprint density at radius 1 is 1.00 bits per heavy atom. The molecule has 1 saturated carbocycles. The van der Waals surface area contributed by atoms with Crippen LogP contribution in [0.3, 0.4) is 0 Å². The summed E-state index contributed by atoms with van der Waals surface area (Å²) in [5, 5.41) is 0. The van der Waals surface area contributed by atoms with Crippen molar-refractivity contribution in [3.8, 4) is 0 Å². The molecule has 0 bridgehead atoms. The second kappa shape index (κ2) is 2.85. The normalized spacial score (nSPS) is 42.0. The third kappa shape index (κ3) is 2.03. The molecule has 0 aromatic carbocycles. The summed E-state index contributed by atoms with van der Waals surface area (Å²) in [6.07, 6.45) is 4.35. The lowest BCUT2D eigenvalue weighted by Gasteiger charge is -1.93. The Morgan fingerprint density at radius 2 is 1.43 bits per heavy atom. The molecule has 0 heterocycles. The van der Waals surface area contributed by atoms with Crippen molar-refractivity contribution in [1.29, 1.82) is 0 Å². The highest BCUT2D eigenvalue weighted by Crippen LogP contribution is 2.30. The summed E-state index contributed by atoms with van der Waals surface area (Å²) in [6.45, 7) is 0. The van der Waals surface area contributed by atoms with Crippen LogP contribution in [-0.4, -0.2) is 7.85 Å². The SMILES string of the molecule is I[C@@H]1CC[C@H](I)C1. The molecule has 1 rings (SSSR count). The van der Waals surface area contributed by atoms with Crippen LogP contribution in [0.5, 0.6) is 0 Å². The van der Waals surface area contributed by atoms with E-state index in [1.165, 1.54) is 19.3 Å². The standard InChI is InChI=1S/C5H8I2/c6-4-1-2-5(7)3-4/h4-5H,1-3H2/t4-,5+. The molecule has 0 amide bonds. The molecule has 0 aliphatic heterocycles. The average Bonchev–Trinajstić information content (AvgIpc) is 1.87. The first-order valence-electron chi connectivity index (χ1n) is 2.57. The third-order valence-electron chi connectivity index (χ3n) is 1.30. The largest absolute Gasteiger partial charge is 0.0826 e. The molecule has 0 unspecified atom stereocenters. The highest BCUT2D eigenvalue weighted by molar-refractivity contribution is 14.1. The number of hydrogen-bond acceptors (Lipinski definition) is 0. The zero-order chi connectivity index (χ0) is 5.28.